The topological polar surface area (TPSA) is 101 Å². The first-order chi connectivity index (χ1) is 17.4. The predicted molar refractivity (Wildman–Crippen MR) is 133 cm³/mol. The molecule has 0 aliphatic rings. The van der Waals surface area contributed by atoms with Gasteiger partial charge in [-0.05, 0) is 54.8 Å². The lowest BCUT2D eigenvalue weighted by atomic mass is 10.0. The number of thiazole rings is 2. The monoisotopic (exact) mass is 526 g/mol. The van der Waals surface area contributed by atoms with Crippen LogP contribution in [0, 0.1) is 11.6 Å². The summed E-state index contributed by atoms with van der Waals surface area (Å²) in [6.07, 6.45) is 3.60. The summed E-state index contributed by atoms with van der Waals surface area (Å²) in [6, 6.07) is 10.8. The van der Waals surface area contributed by atoms with Crippen LogP contribution in [0.25, 0.3) is 10.6 Å². The molecule has 0 aliphatic carbocycles. The predicted octanol–water partition coefficient (Wildman–Crippen LogP) is 4.28. The molecule has 0 saturated heterocycles. The summed E-state index contributed by atoms with van der Waals surface area (Å²) < 4.78 is 26.3. The molecule has 4 rings (SSSR count). The molecule has 0 fully saturated rings. The van der Waals surface area contributed by atoms with E-state index in [1.165, 1.54) is 48.0 Å². The number of carbonyl (C=O) groups excluding carboxylic acids is 3. The van der Waals surface area contributed by atoms with E-state index < -0.39 is 17.9 Å². The van der Waals surface area contributed by atoms with Gasteiger partial charge in [-0.15, -0.1) is 22.7 Å². The molecule has 0 aliphatic heterocycles. The highest BCUT2D eigenvalue weighted by Crippen LogP contribution is 2.25. The number of carbonyl (C=O) groups is 3. The van der Waals surface area contributed by atoms with E-state index in [1.807, 2.05) is 0 Å². The molecule has 2 aromatic heterocycles. The van der Waals surface area contributed by atoms with Crippen molar-refractivity contribution in [1.82, 2.24) is 20.6 Å². The van der Waals surface area contributed by atoms with Crippen LogP contribution in [0.2, 0.25) is 0 Å². The fourth-order valence-corrected chi connectivity index (χ4v) is 4.79. The molecule has 0 spiro atoms. The van der Waals surface area contributed by atoms with Crippen molar-refractivity contribution < 1.29 is 23.2 Å². The Kier molecular flexibility index (Phi) is 8.24. The van der Waals surface area contributed by atoms with Crippen molar-refractivity contribution in [3.8, 4) is 10.6 Å². The Morgan fingerprint density at radius 3 is 2.31 bits per heavy atom. The minimum atomic E-state index is -0.862. The first kappa shape index (κ1) is 25.3. The normalized spacial score (nSPS) is 11.6. The van der Waals surface area contributed by atoms with Crippen molar-refractivity contribution in [2.24, 2.45) is 0 Å². The number of nitrogens with zero attached hydrogens (tertiary/aromatic N) is 2. The van der Waals surface area contributed by atoms with Crippen LogP contribution >= 0.6 is 22.7 Å². The second-order valence-corrected chi connectivity index (χ2v) is 9.63. The number of Topliss-reactive ketones (excluding diaryl/α,β-unsaturated/α-hetero) is 1. The van der Waals surface area contributed by atoms with Gasteiger partial charge in [0.25, 0.3) is 5.91 Å². The van der Waals surface area contributed by atoms with Gasteiger partial charge >= 0.3 is 0 Å². The number of aromatic nitrogens is 2. The zero-order valence-corrected chi connectivity index (χ0v) is 20.4. The van der Waals surface area contributed by atoms with E-state index in [1.54, 1.807) is 29.6 Å². The minimum absolute atomic E-state index is 0.265. The third-order valence-corrected chi connectivity index (χ3v) is 6.99. The lowest BCUT2D eigenvalue weighted by molar-refractivity contribution is -0.120. The molecule has 36 heavy (non-hydrogen) atoms. The Morgan fingerprint density at radius 1 is 0.944 bits per heavy atom. The van der Waals surface area contributed by atoms with Gasteiger partial charge in [-0.1, -0.05) is 12.1 Å². The average molecular weight is 527 g/mol. The smallest absolute Gasteiger partial charge is 0.263 e. The number of ketones is 1. The summed E-state index contributed by atoms with van der Waals surface area (Å²) in [4.78, 5) is 46.5. The van der Waals surface area contributed by atoms with E-state index in [9.17, 15) is 23.2 Å². The van der Waals surface area contributed by atoms with E-state index in [-0.39, 0.29) is 40.3 Å². The number of amides is 2. The van der Waals surface area contributed by atoms with Crippen LogP contribution in [-0.2, 0) is 11.2 Å². The van der Waals surface area contributed by atoms with E-state index in [4.69, 9.17) is 0 Å². The molecular weight excluding hydrogens is 506 g/mol. The third-order valence-electron chi connectivity index (χ3n) is 5.16. The van der Waals surface area contributed by atoms with E-state index in [0.29, 0.717) is 17.0 Å². The van der Waals surface area contributed by atoms with Gasteiger partial charge in [0.1, 0.15) is 21.5 Å². The number of benzene rings is 2. The Balaban J connectivity index is 1.35. The van der Waals surface area contributed by atoms with Crippen molar-refractivity contribution in [3.05, 3.63) is 93.4 Å². The molecule has 7 nitrogen and oxygen atoms in total. The van der Waals surface area contributed by atoms with Gasteiger partial charge in [0.15, 0.2) is 5.01 Å². The molecule has 4 aromatic rings. The van der Waals surface area contributed by atoms with Gasteiger partial charge in [0.05, 0.1) is 18.8 Å². The van der Waals surface area contributed by atoms with Crippen molar-refractivity contribution >= 4 is 40.3 Å². The van der Waals surface area contributed by atoms with E-state index >= 15 is 0 Å². The van der Waals surface area contributed by atoms with Crippen molar-refractivity contribution in [3.63, 3.8) is 0 Å². The molecule has 2 heterocycles. The molecule has 2 N–H and O–H groups in total. The van der Waals surface area contributed by atoms with Crippen LogP contribution in [0.4, 0.5) is 8.78 Å². The highest BCUT2D eigenvalue weighted by atomic mass is 32.1. The summed E-state index contributed by atoms with van der Waals surface area (Å²) in [5.74, 6) is -2.10. The van der Waals surface area contributed by atoms with Gasteiger partial charge in [0, 0.05) is 17.1 Å². The van der Waals surface area contributed by atoms with E-state index in [0.717, 1.165) is 16.9 Å². The molecule has 2 amide bonds. The van der Waals surface area contributed by atoms with Gasteiger partial charge in [-0.2, -0.15) is 0 Å². The first-order valence-electron chi connectivity index (χ1n) is 10.9. The molecule has 1 unspecified atom stereocenters. The lowest BCUT2D eigenvalue weighted by Gasteiger charge is -2.17. The number of hydrogen-bond acceptors (Lipinski definition) is 7. The molecule has 2 aromatic carbocycles. The largest absolute Gasteiger partial charge is 0.344 e. The van der Waals surface area contributed by atoms with Crippen LogP contribution in [0.5, 0.6) is 0 Å². The molecule has 0 radical (unpaired) electrons. The first-order valence-corrected chi connectivity index (χ1v) is 12.6. The van der Waals surface area contributed by atoms with Gasteiger partial charge < -0.3 is 10.6 Å². The Morgan fingerprint density at radius 2 is 1.64 bits per heavy atom. The number of hydrogen-bond donors (Lipinski definition) is 2. The Labute approximate surface area is 213 Å². The molecule has 1 atom stereocenters. The van der Waals surface area contributed by atoms with Gasteiger partial charge in [-0.25, -0.2) is 18.7 Å². The van der Waals surface area contributed by atoms with Crippen LogP contribution in [0.1, 0.15) is 31.5 Å². The quantitative estimate of drug-likeness (QED) is 0.301. The van der Waals surface area contributed by atoms with Crippen LogP contribution in [-0.4, -0.2) is 40.2 Å². The standard InChI is InChI=1S/C25H20F2N4O3S2/c26-17-6-1-15(2-7-17)3-10-19(22(33)25-28-11-12-35-25)31-21(32)14-29-23(34)20-13-30-24(36-20)16-4-8-18(27)9-5-16/h1-2,4-9,11-13,19H,3,10,14H2,(H,29,34)(H,31,32). The van der Waals surface area contributed by atoms with Crippen molar-refractivity contribution in [2.75, 3.05) is 6.54 Å². The maximum absolute atomic E-state index is 13.2. The van der Waals surface area contributed by atoms with E-state index in [2.05, 4.69) is 20.6 Å². The SMILES string of the molecule is O=C(CNC(=O)c1cnc(-c2ccc(F)cc2)s1)NC(CCc1ccc(F)cc1)C(=O)c1nccs1. The lowest BCUT2D eigenvalue weighted by Crippen LogP contribution is -2.45. The van der Waals surface area contributed by atoms with Crippen LogP contribution in [0.15, 0.2) is 66.3 Å². The third kappa shape index (κ3) is 6.64. The maximum Gasteiger partial charge on any atom is 0.263 e. The summed E-state index contributed by atoms with van der Waals surface area (Å²) in [5, 5.41) is 7.67. The fourth-order valence-electron chi connectivity index (χ4n) is 3.32. The van der Waals surface area contributed by atoms with Crippen LogP contribution in [0.3, 0.4) is 0 Å². The number of halogens is 2. The summed E-state index contributed by atoms with van der Waals surface area (Å²) >= 11 is 2.28. The number of nitrogens with one attached hydrogen (secondary N) is 2. The highest BCUT2D eigenvalue weighted by molar-refractivity contribution is 7.16. The zero-order chi connectivity index (χ0) is 25.5. The van der Waals surface area contributed by atoms with Gasteiger partial charge in [0.2, 0.25) is 11.7 Å². The fraction of sp³-hybridized carbons (Fsp3) is 0.160. The second kappa shape index (κ2) is 11.7. The zero-order valence-electron chi connectivity index (χ0n) is 18.7. The van der Waals surface area contributed by atoms with Crippen molar-refractivity contribution in [2.45, 2.75) is 18.9 Å². The maximum atomic E-state index is 13.2. The highest BCUT2D eigenvalue weighted by Gasteiger charge is 2.24. The minimum Gasteiger partial charge on any atom is -0.344 e. The molecule has 0 saturated carbocycles. The number of rotatable bonds is 10. The Hall–Kier alpha value is -3.83. The molecule has 0 bridgehead atoms. The Bertz CT molecular complexity index is 1340. The summed E-state index contributed by atoms with van der Waals surface area (Å²) in [7, 11) is 0. The number of aryl methyl sites for hydroxylation is 1. The summed E-state index contributed by atoms with van der Waals surface area (Å²) in [6.45, 7) is -0.346. The van der Waals surface area contributed by atoms with Crippen LogP contribution < -0.4 is 10.6 Å². The second-order valence-electron chi connectivity index (χ2n) is 7.71. The molecule has 11 heteroatoms. The average Bonchev–Trinajstić information content (AvgIpc) is 3.59. The van der Waals surface area contributed by atoms with Crippen molar-refractivity contribution in [1.29, 1.82) is 0 Å². The summed E-state index contributed by atoms with van der Waals surface area (Å²) in [5.41, 5.74) is 1.49. The molecular formula is C25H20F2N4O3S2. The van der Waals surface area contributed by atoms with Gasteiger partial charge in [-0.3, -0.25) is 14.4 Å². The molecule has 184 valence electrons.